The number of carbonyl (C=O) groups excluding carboxylic acids is 2. The van der Waals surface area contributed by atoms with Crippen LogP contribution in [-0.4, -0.2) is 38.4 Å². The van der Waals surface area contributed by atoms with E-state index in [4.69, 9.17) is 0 Å². The minimum absolute atomic E-state index is 0.0270. The van der Waals surface area contributed by atoms with Crippen molar-refractivity contribution in [2.24, 2.45) is 5.92 Å². The van der Waals surface area contributed by atoms with Gasteiger partial charge in [0.2, 0.25) is 5.91 Å². The molecule has 2 fully saturated rings. The first-order valence-corrected chi connectivity index (χ1v) is 9.91. The van der Waals surface area contributed by atoms with Crippen LogP contribution in [0.5, 0.6) is 0 Å². The van der Waals surface area contributed by atoms with Gasteiger partial charge in [0.25, 0.3) is 0 Å². The SMILES string of the molecule is O=C1CN(Cc2ccc(-c3ccc4c(nnn4CC4CC4)c3C(F)(F)F)cc2)C(=O)N1. The van der Waals surface area contributed by atoms with E-state index in [0.29, 0.717) is 29.1 Å². The summed E-state index contributed by atoms with van der Waals surface area (Å²) in [7, 11) is 0. The van der Waals surface area contributed by atoms with Crippen LogP contribution in [-0.2, 0) is 24.1 Å². The lowest BCUT2D eigenvalue weighted by molar-refractivity contribution is -0.136. The molecule has 2 aliphatic rings. The van der Waals surface area contributed by atoms with E-state index in [-0.39, 0.29) is 30.1 Å². The predicted octanol–water partition coefficient (Wildman–Crippen LogP) is 3.58. The number of hydrogen-bond donors (Lipinski definition) is 1. The summed E-state index contributed by atoms with van der Waals surface area (Å²) >= 11 is 0. The number of rotatable bonds is 5. The summed E-state index contributed by atoms with van der Waals surface area (Å²) in [6.45, 7) is 0.735. The summed E-state index contributed by atoms with van der Waals surface area (Å²) in [6, 6.07) is 9.08. The van der Waals surface area contributed by atoms with E-state index in [1.165, 1.54) is 11.0 Å². The van der Waals surface area contributed by atoms with Crippen LogP contribution in [0.1, 0.15) is 24.0 Å². The van der Waals surface area contributed by atoms with Gasteiger partial charge in [0.15, 0.2) is 0 Å². The van der Waals surface area contributed by atoms with Crippen molar-refractivity contribution in [1.82, 2.24) is 25.2 Å². The van der Waals surface area contributed by atoms with E-state index >= 15 is 0 Å². The molecule has 1 aromatic heterocycles. The molecule has 3 aromatic rings. The number of imide groups is 1. The van der Waals surface area contributed by atoms with E-state index in [2.05, 4.69) is 15.6 Å². The Bertz CT molecular complexity index is 1180. The van der Waals surface area contributed by atoms with Crippen LogP contribution in [0.3, 0.4) is 0 Å². The van der Waals surface area contributed by atoms with Crippen molar-refractivity contribution in [3.63, 3.8) is 0 Å². The molecule has 160 valence electrons. The fourth-order valence-corrected chi connectivity index (χ4v) is 3.86. The molecule has 1 N–H and O–H groups in total. The van der Waals surface area contributed by atoms with Gasteiger partial charge in [0.1, 0.15) is 12.1 Å². The number of urea groups is 1. The maximum Gasteiger partial charge on any atom is 0.419 e. The Balaban J connectivity index is 1.49. The number of hydrogen-bond acceptors (Lipinski definition) is 4. The maximum atomic E-state index is 14.0. The molecule has 2 heterocycles. The predicted molar refractivity (Wildman–Crippen MR) is 105 cm³/mol. The monoisotopic (exact) mass is 429 g/mol. The van der Waals surface area contributed by atoms with Crippen molar-refractivity contribution in [3.8, 4) is 11.1 Å². The van der Waals surface area contributed by atoms with Crippen molar-refractivity contribution in [2.45, 2.75) is 32.1 Å². The molecule has 10 heteroatoms. The molecule has 0 spiro atoms. The molecular formula is C21H18F3N5O2. The highest BCUT2D eigenvalue weighted by Crippen LogP contribution is 2.41. The lowest BCUT2D eigenvalue weighted by atomic mass is 9.97. The van der Waals surface area contributed by atoms with Gasteiger partial charge >= 0.3 is 12.2 Å². The fraction of sp³-hybridized carbons (Fsp3) is 0.333. The van der Waals surface area contributed by atoms with Crippen molar-refractivity contribution in [3.05, 3.63) is 47.5 Å². The number of nitrogens with zero attached hydrogens (tertiary/aromatic N) is 4. The average Bonchev–Trinajstić information content (AvgIpc) is 3.36. The second kappa shape index (κ2) is 7.07. The van der Waals surface area contributed by atoms with Crippen molar-refractivity contribution < 1.29 is 22.8 Å². The van der Waals surface area contributed by atoms with Gasteiger partial charge in [0.05, 0.1) is 11.1 Å². The van der Waals surface area contributed by atoms with E-state index < -0.39 is 17.8 Å². The molecule has 2 aromatic carbocycles. The molecule has 31 heavy (non-hydrogen) atoms. The van der Waals surface area contributed by atoms with Crippen LogP contribution in [0.25, 0.3) is 22.2 Å². The Kier molecular flexibility index (Phi) is 4.45. The molecular weight excluding hydrogens is 411 g/mol. The van der Waals surface area contributed by atoms with Gasteiger partial charge in [-0.15, -0.1) is 5.10 Å². The minimum atomic E-state index is -4.60. The molecule has 1 saturated heterocycles. The molecule has 7 nitrogen and oxygen atoms in total. The van der Waals surface area contributed by atoms with Crippen molar-refractivity contribution >= 4 is 23.0 Å². The molecule has 1 saturated carbocycles. The number of benzene rings is 2. The van der Waals surface area contributed by atoms with Crippen LogP contribution in [0.15, 0.2) is 36.4 Å². The standard InChI is InChI=1S/C21H18F3N5O2/c22-21(23,24)18-15(7-8-16-19(18)26-27-29(16)10-13-1-2-13)14-5-3-12(4-6-14)9-28-11-17(30)25-20(28)31/h3-8,13H,1-2,9-11H2,(H,25,30,31). The maximum absolute atomic E-state index is 14.0. The normalized spacial score (nSPS) is 16.9. The Morgan fingerprint density at radius 1 is 1.06 bits per heavy atom. The summed E-state index contributed by atoms with van der Waals surface area (Å²) < 4.78 is 43.6. The number of fused-ring (bicyclic) bond motifs is 1. The van der Waals surface area contributed by atoms with Crippen LogP contribution < -0.4 is 5.32 Å². The Labute approximate surface area is 174 Å². The molecule has 0 unspecified atom stereocenters. The number of halogens is 3. The van der Waals surface area contributed by atoms with Crippen molar-refractivity contribution in [2.75, 3.05) is 6.54 Å². The number of amides is 3. The largest absolute Gasteiger partial charge is 0.419 e. The zero-order valence-corrected chi connectivity index (χ0v) is 16.3. The Morgan fingerprint density at radius 3 is 2.42 bits per heavy atom. The lowest BCUT2D eigenvalue weighted by Crippen LogP contribution is -2.27. The van der Waals surface area contributed by atoms with Gasteiger partial charge in [-0.25, -0.2) is 9.48 Å². The first-order chi connectivity index (χ1) is 14.8. The molecule has 1 aliphatic carbocycles. The zero-order valence-electron chi connectivity index (χ0n) is 16.3. The molecule has 0 radical (unpaired) electrons. The highest BCUT2D eigenvalue weighted by atomic mass is 19.4. The first-order valence-electron chi connectivity index (χ1n) is 9.91. The number of carbonyl (C=O) groups is 2. The summed E-state index contributed by atoms with van der Waals surface area (Å²) in [5, 5.41) is 10.0. The molecule has 1 aliphatic heterocycles. The minimum Gasteiger partial charge on any atom is -0.311 e. The van der Waals surface area contributed by atoms with E-state index in [1.54, 1.807) is 35.0 Å². The zero-order chi connectivity index (χ0) is 21.8. The Morgan fingerprint density at radius 2 is 1.81 bits per heavy atom. The van der Waals surface area contributed by atoms with Gasteiger partial charge in [0, 0.05) is 13.1 Å². The number of alkyl halides is 3. The van der Waals surface area contributed by atoms with E-state index in [1.807, 2.05) is 0 Å². The molecule has 0 bridgehead atoms. The van der Waals surface area contributed by atoms with Crippen molar-refractivity contribution in [1.29, 1.82) is 0 Å². The van der Waals surface area contributed by atoms with Gasteiger partial charge in [-0.3, -0.25) is 10.1 Å². The third-order valence-corrected chi connectivity index (χ3v) is 5.61. The highest BCUT2D eigenvalue weighted by molar-refractivity contribution is 6.01. The van der Waals surface area contributed by atoms with Gasteiger partial charge in [-0.2, -0.15) is 13.2 Å². The van der Waals surface area contributed by atoms with Crippen LogP contribution in [0, 0.1) is 5.92 Å². The van der Waals surface area contributed by atoms with Gasteiger partial charge in [-0.1, -0.05) is 35.5 Å². The fourth-order valence-electron chi connectivity index (χ4n) is 3.86. The summed E-state index contributed by atoms with van der Waals surface area (Å²) in [6.07, 6.45) is -2.47. The Hall–Kier alpha value is -3.43. The van der Waals surface area contributed by atoms with E-state index in [0.717, 1.165) is 12.8 Å². The lowest BCUT2D eigenvalue weighted by Gasteiger charge is -2.16. The summed E-state index contributed by atoms with van der Waals surface area (Å²) in [4.78, 5) is 24.3. The summed E-state index contributed by atoms with van der Waals surface area (Å²) in [5.74, 6) is 0.0823. The second-order valence-electron chi connectivity index (χ2n) is 7.97. The van der Waals surface area contributed by atoms with Gasteiger partial charge in [-0.05, 0) is 41.5 Å². The third-order valence-electron chi connectivity index (χ3n) is 5.61. The van der Waals surface area contributed by atoms with Gasteiger partial charge < -0.3 is 4.90 Å². The quantitative estimate of drug-likeness (QED) is 0.629. The summed E-state index contributed by atoms with van der Waals surface area (Å²) in [5.41, 5.74) is 0.546. The van der Waals surface area contributed by atoms with Crippen LogP contribution >= 0.6 is 0 Å². The molecule has 3 amide bonds. The third kappa shape index (κ3) is 3.73. The van der Waals surface area contributed by atoms with Crippen LogP contribution in [0.4, 0.5) is 18.0 Å². The molecule has 5 rings (SSSR count). The first kappa shape index (κ1) is 19.5. The average molecular weight is 429 g/mol. The van der Waals surface area contributed by atoms with Crippen LogP contribution in [0.2, 0.25) is 0 Å². The topological polar surface area (TPSA) is 80.1 Å². The number of nitrogens with one attached hydrogen (secondary N) is 1. The smallest absolute Gasteiger partial charge is 0.311 e. The molecule has 0 atom stereocenters. The highest BCUT2D eigenvalue weighted by Gasteiger charge is 2.38. The number of aromatic nitrogens is 3. The second-order valence-corrected chi connectivity index (χ2v) is 7.97. The van der Waals surface area contributed by atoms with E-state index in [9.17, 15) is 22.8 Å².